The van der Waals surface area contributed by atoms with Crippen LogP contribution in [0.1, 0.15) is 36.8 Å². The van der Waals surface area contributed by atoms with Gasteiger partial charge < -0.3 is 10.3 Å². The number of piperidine rings is 1. The minimum Gasteiger partial charge on any atom is -0.352 e. The average molecular weight is 363 g/mol. The zero-order chi connectivity index (χ0) is 18.4. The van der Waals surface area contributed by atoms with E-state index in [9.17, 15) is 0 Å². The maximum atomic E-state index is 15.0. The van der Waals surface area contributed by atoms with E-state index in [0.29, 0.717) is 11.4 Å². The van der Waals surface area contributed by atoms with E-state index in [2.05, 4.69) is 38.5 Å². The number of benzene rings is 1. The van der Waals surface area contributed by atoms with Crippen molar-refractivity contribution in [1.29, 1.82) is 0 Å². The highest BCUT2D eigenvalue weighted by molar-refractivity contribution is 5.98. The molecule has 4 heterocycles. The van der Waals surface area contributed by atoms with E-state index in [0.717, 1.165) is 71.2 Å². The van der Waals surface area contributed by atoms with Crippen LogP contribution < -0.4 is 5.32 Å². The number of hydrogen-bond acceptors (Lipinski definition) is 3. The van der Waals surface area contributed by atoms with Crippen molar-refractivity contribution < 1.29 is 4.39 Å². The molecule has 5 nitrogen and oxygen atoms in total. The fraction of sp³-hybridized carbons (Fsp3) is 0.333. The quantitative estimate of drug-likeness (QED) is 0.509. The van der Waals surface area contributed by atoms with Crippen molar-refractivity contribution in [2.24, 2.45) is 0 Å². The van der Waals surface area contributed by atoms with Gasteiger partial charge in [-0.2, -0.15) is 5.10 Å². The van der Waals surface area contributed by atoms with Crippen LogP contribution in [0.2, 0.25) is 0 Å². The lowest BCUT2D eigenvalue weighted by Gasteiger charge is -2.23. The summed E-state index contributed by atoms with van der Waals surface area (Å²) >= 11 is 0. The fourth-order valence-electron chi connectivity index (χ4n) is 4.38. The van der Waals surface area contributed by atoms with E-state index in [1.54, 1.807) is 18.5 Å². The Kier molecular flexibility index (Phi) is 3.93. The van der Waals surface area contributed by atoms with Gasteiger partial charge in [-0.15, -0.1) is 0 Å². The molecule has 27 heavy (non-hydrogen) atoms. The molecule has 0 saturated carbocycles. The number of nitrogens with zero attached hydrogens (tertiary/aromatic N) is 2. The largest absolute Gasteiger partial charge is 0.352 e. The molecule has 3 N–H and O–H groups in total. The minimum atomic E-state index is -0.167. The fourth-order valence-corrected chi connectivity index (χ4v) is 4.38. The van der Waals surface area contributed by atoms with Crippen molar-refractivity contribution in [1.82, 2.24) is 25.5 Å². The maximum Gasteiger partial charge on any atom is 0.155 e. The summed E-state index contributed by atoms with van der Waals surface area (Å²) in [7, 11) is 0. The molecule has 0 unspecified atom stereocenters. The lowest BCUT2D eigenvalue weighted by atomic mass is 9.89. The molecule has 0 radical (unpaired) electrons. The summed E-state index contributed by atoms with van der Waals surface area (Å²) in [5.41, 5.74) is 5.56. The van der Waals surface area contributed by atoms with Gasteiger partial charge in [-0.05, 0) is 67.6 Å². The van der Waals surface area contributed by atoms with Crippen LogP contribution in [0.5, 0.6) is 0 Å². The lowest BCUT2D eigenvalue weighted by molar-refractivity contribution is 0.459. The van der Waals surface area contributed by atoms with E-state index in [4.69, 9.17) is 0 Å². The van der Waals surface area contributed by atoms with Crippen molar-refractivity contribution >= 4 is 21.9 Å². The molecule has 6 heteroatoms. The van der Waals surface area contributed by atoms with Gasteiger partial charge in [-0.3, -0.25) is 5.10 Å². The number of rotatable bonds is 3. The number of aromatic nitrogens is 4. The molecule has 138 valence electrons. The molecule has 1 aromatic carbocycles. The number of aromatic amines is 2. The van der Waals surface area contributed by atoms with Crippen molar-refractivity contribution in [2.75, 3.05) is 13.1 Å². The van der Waals surface area contributed by atoms with Crippen LogP contribution >= 0.6 is 0 Å². The van der Waals surface area contributed by atoms with Crippen molar-refractivity contribution in [3.63, 3.8) is 0 Å². The smallest absolute Gasteiger partial charge is 0.155 e. The van der Waals surface area contributed by atoms with Crippen LogP contribution in [0, 0.1) is 5.82 Å². The van der Waals surface area contributed by atoms with Gasteiger partial charge in [0.2, 0.25) is 0 Å². The molecule has 3 aromatic heterocycles. The Morgan fingerprint density at radius 3 is 2.85 bits per heavy atom. The predicted octanol–water partition coefficient (Wildman–Crippen LogP) is 4.27. The van der Waals surface area contributed by atoms with Gasteiger partial charge in [0.1, 0.15) is 5.82 Å². The predicted molar refractivity (Wildman–Crippen MR) is 105 cm³/mol. The molecule has 0 aliphatic carbocycles. The number of H-pyrrole nitrogens is 2. The van der Waals surface area contributed by atoms with Gasteiger partial charge in [0, 0.05) is 22.5 Å². The van der Waals surface area contributed by atoms with Crippen LogP contribution in [-0.4, -0.2) is 33.3 Å². The molecule has 4 aromatic rings. The zero-order valence-electron chi connectivity index (χ0n) is 15.3. The lowest BCUT2D eigenvalue weighted by Crippen LogP contribution is -2.26. The first-order valence-electron chi connectivity index (χ1n) is 9.59. The Bertz CT molecular complexity index is 1120. The molecule has 5 rings (SSSR count). The van der Waals surface area contributed by atoms with Crippen LogP contribution in [0.3, 0.4) is 0 Å². The molecular weight excluding hydrogens is 341 g/mol. The van der Waals surface area contributed by atoms with Crippen molar-refractivity contribution in [3.05, 3.63) is 47.5 Å². The second-order valence-corrected chi connectivity index (χ2v) is 7.27. The standard InChI is InChI=1S/C21H22FN5/c1-2-14-16-9-13(12-3-6-23-7-4-12)10-18(22)20(16)26-19(14)15-5-8-24-21-17(15)11-25-27-21/h5,8-12,23,26H,2-4,6-7H2,1H3,(H,24,25,27). The third kappa shape index (κ3) is 2.63. The molecule has 1 aliphatic rings. The van der Waals surface area contributed by atoms with Gasteiger partial charge in [0.25, 0.3) is 0 Å². The number of pyridine rings is 1. The summed E-state index contributed by atoms with van der Waals surface area (Å²) in [6.45, 7) is 4.12. The van der Waals surface area contributed by atoms with Gasteiger partial charge in [-0.25, -0.2) is 9.37 Å². The molecule has 1 saturated heterocycles. The third-order valence-electron chi connectivity index (χ3n) is 5.78. The summed E-state index contributed by atoms with van der Waals surface area (Å²) in [6, 6.07) is 5.88. The first-order chi connectivity index (χ1) is 13.3. The zero-order valence-corrected chi connectivity index (χ0v) is 15.3. The first kappa shape index (κ1) is 16.4. The number of nitrogens with one attached hydrogen (secondary N) is 3. The average Bonchev–Trinajstić information content (AvgIpc) is 3.33. The van der Waals surface area contributed by atoms with E-state index in [1.807, 2.05) is 6.07 Å². The number of halogens is 1. The maximum absolute atomic E-state index is 15.0. The molecule has 0 bridgehead atoms. The molecule has 0 spiro atoms. The van der Waals surface area contributed by atoms with E-state index in [-0.39, 0.29) is 5.82 Å². The molecule has 0 amide bonds. The first-order valence-corrected chi connectivity index (χ1v) is 9.59. The Hall–Kier alpha value is -2.73. The third-order valence-corrected chi connectivity index (χ3v) is 5.78. The van der Waals surface area contributed by atoms with Gasteiger partial charge in [0.05, 0.1) is 17.4 Å². The van der Waals surface area contributed by atoms with Crippen molar-refractivity contribution in [2.45, 2.75) is 32.1 Å². The van der Waals surface area contributed by atoms with E-state index >= 15 is 4.39 Å². The summed E-state index contributed by atoms with van der Waals surface area (Å²) in [5, 5.41) is 12.3. The van der Waals surface area contributed by atoms with Gasteiger partial charge in [0.15, 0.2) is 5.65 Å². The van der Waals surface area contributed by atoms with Crippen LogP contribution in [-0.2, 0) is 6.42 Å². The molecule has 1 fully saturated rings. The minimum absolute atomic E-state index is 0.167. The molecular formula is C21H22FN5. The Labute approximate surface area is 156 Å². The highest BCUT2D eigenvalue weighted by atomic mass is 19.1. The summed E-state index contributed by atoms with van der Waals surface area (Å²) in [4.78, 5) is 7.67. The summed E-state index contributed by atoms with van der Waals surface area (Å²) in [6.07, 6.45) is 6.48. The number of fused-ring (bicyclic) bond motifs is 2. The Morgan fingerprint density at radius 2 is 2.04 bits per heavy atom. The Balaban J connectivity index is 1.72. The van der Waals surface area contributed by atoms with E-state index in [1.165, 1.54) is 0 Å². The van der Waals surface area contributed by atoms with Crippen LogP contribution in [0.15, 0.2) is 30.6 Å². The van der Waals surface area contributed by atoms with Crippen molar-refractivity contribution in [3.8, 4) is 11.3 Å². The molecule has 1 aliphatic heterocycles. The topological polar surface area (TPSA) is 69.4 Å². The second kappa shape index (κ2) is 6.46. The monoisotopic (exact) mass is 363 g/mol. The van der Waals surface area contributed by atoms with Gasteiger partial charge in [-0.1, -0.05) is 6.92 Å². The second-order valence-electron chi connectivity index (χ2n) is 7.27. The van der Waals surface area contributed by atoms with E-state index < -0.39 is 0 Å². The molecule has 0 atom stereocenters. The number of aryl methyl sites for hydroxylation is 1. The highest BCUT2D eigenvalue weighted by Gasteiger charge is 2.21. The van der Waals surface area contributed by atoms with Crippen LogP contribution in [0.4, 0.5) is 4.39 Å². The van der Waals surface area contributed by atoms with Gasteiger partial charge >= 0.3 is 0 Å². The summed E-state index contributed by atoms with van der Waals surface area (Å²) < 4.78 is 15.0. The normalized spacial score (nSPS) is 15.8. The van der Waals surface area contributed by atoms with Crippen LogP contribution in [0.25, 0.3) is 33.2 Å². The number of hydrogen-bond donors (Lipinski definition) is 3. The summed E-state index contributed by atoms with van der Waals surface area (Å²) in [5.74, 6) is 0.259. The SMILES string of the molecule is CCc1c(-c2ccnc3[nH]ncc23)[nH]c2c(F)cc(C3CCNCC3)cc12. The Morgan fingerprint density at radius 1 is 1.19 bits per heavy atom. The highest BCUT2D eigenvalue weighted by Crippen LogP contribution is 2.37.